The monoisotopic (exact) mass is 796 g/mol. The van der Waals surface area contributed by atoms with E-state index >= 15 is 0 Å². The molecule has 1 aromatic heterocycles. The number of urea groups is 1. The van der Waals surface area contributed by atoms with Crippen molar-refractivity contribution in [3.8, 4) is 0 Å². The lowest BCUT2D eigenvalue weighted by Gasteiger charge is -2.21. The fourth-order valence-corrected chi connectivity index (χ4v) is 6.12. The predicted octanol–water partition coefficient (Wildman–Crippen LogP) is 5.95. The third kappa shape index (κ3) is 9.70. The molecule has 12 nitrogen and oxygen atoms in total. The zero-order chi connectivity index (χ0) is 37.0. The Kier molecular flexibility index (Phi) is 11.4. The second kappa shape index (κ2) is 15.0. The number of carbonyl (C=O) groups is 3. The van der Waals surface area contributed by atoms with Crippen molar-refractivity contribution in [2.45, 2.75) is 50.3 Å². The third-order valence-electron chi connectivity index (χ3n) is 6.72. The van der Waals surface area contributed by atoms with E-state index in [4.69, 9.17) is 11.6 Å². The molecule has 0 aliphatic carbocycles. The van der Waals surface area contributed by atoms with Crippen LogP contribution in [0.4, 0.5) is 29.5 Å². The number of aromatic nitrogens is 2. The Morgan fingerprint density at radius 2 is 1.54 bits per heavy atom. The van der Waals surface area contributed by atoms with Crippen molar-refractivity contribution in [2.75, 3.05) is 10.6 Å². The van der Waals surface area contributed by atoms with E-state index in [1.165, 1.54) is 24.3 Å². The van der Waals surface area contributed by atoms with Gasteiger partial charge in [0, 0.05) is 16.4 Å². The molecule has 18 heteroatoms. The smallest absolute Gasteiger partial charge is 0.333 e. The molecule has 264 valence electrons. The van der Waals surface area contributed by atoms with E-state index < -0.39 is 68.0 Å². The lowest BCUT2D eigenvalue weighted by atomic mass is 10.1. The normalized spacial score (nSPS) is 11.8. The zero-order valence-corrected chi connectivity index (χ0v) is 29.6. The van der Waals surface area contributed by atoms with E-state index in [1.54, 1.807) is 49.8 Å². The van der Waals surface area contributed by atoms with Gasteiger partial charge < -0.3 is 10.6 Å². The molecular weight excluding hydrogens is 769 g/mol. The first-order valence-corrected chi connectivity index (χ1v) is 17.2. The Hall–Kier alpha value is -4.74. The van der Waals surface area contributed by atoms with E-state index in [2.05, 4.69) is 36.9 Å². The highest BCUT2D eigenvalue weighted by molar-refractivity contribution is 9.10. The highest BCUT2D eigenvalue weighted by Crippen LogP contribution is 2.30. The molecule has 4 aromatic rings. The molecule has 50 heavy (non-hydrogen) atoms. The number of nitrogens with zero attached hydrogens (tertiary/aromatic N) is 2. The number of carbonyl (C=O) groups excluding carboxylic acids is 3. The van der Waals surface area contributed by atoms with Crippen molar-refractivity contribution in [1.82, 2.24) is 19.6 Å². The molecule has 0 aliphatic heterocycles. The van der Waals surface area contributed by atoms with Gasteiger partial charge >= 0.3 is 12.2 Å². The molecule has 0 saturated heterocycles. The van der Waals surface area contributed by atoms with Crippen LogP contribution in [-0.2, 0) is 34.0 Å². The van der Waals surface area contributed by atoms with Crippen LogP contribution in [0.2, 0.25) is 5.15 Å². The summed E-state index contributed by atoms with van der Waals surface area (Å²) < 4.78 is 67.9. The summed E-state index contributed by atoms with van der Waals surface area (Å²) >= 11 is 9.96. The number of sulfonamides is 1. The van der Waals surface area contributed by atoms with Gasteiger partial charge in [0.05, 0.1) is 27.4 Å². The summed E-state index contributed by atoms with van der Waals surface area (Å²) in [6, 6.07) is 14.1. The minimum absolute atomic E-state index is 0.0328. The van der Waals surface area contributed by atoms with Crippen LogP contribution in [0.25, 0.3) is 0 Å². The zero-order valence-electron chi connectivity index (χ0n) is 26.5. The number of anilines is 2. The molecule has 0 radical (unpaired) electrons. The average Bonchev–Trinajstić information content (AvgIpc) is 3.01. The summed E-state index contributed by atoms with van der Waals surface area (Å²) in [7, 11) is -4.63. The number of amides is 4. The fraction of sp³-hybridized carbons (Fsp3) is 0.219. The minimum atomic E-state index is -4.70. The van der Waals surface area contributed by atoms with Crippen LogP contribution in [0.5, 0.6) is 0 Å². The number of nitrogens with one attached hydrogen (secondary N) is 4. The van der Waals surface area contributed by atoms with Crippen LogP contribution in [0.15, 0.2) is 87.0 Å². The molecule has 4 rings (SSSR count). The fourth-order valence-electron chi connectivity index (χ4n) is 4.47. The molecular formula is C32H29BrClF3N6O6S. The van der Waals surface area contributed by atoms with Crippen LogP contribution in [0.1, 0.15) is 48.0 Å². The van der Waals surface area contributed by atoms with Gasteiger partial charge in [0.25, 0.3) is 21.5 Å². The van der Waals surface area contributed by atoms with Gasteiger partial charge in [-0.3, -0.25) is 24.3 Å². The number of hydrogen-bond donors (Lipinski definition) is 4. The first-order valence-electron chi connectivity index (χ1n) is 14.5. The van der Waals surface area contributed by atoms with Gasteiger partial charge in [0.1, 0.15) is 6.54 Å². The van der Waals surface area contributed by atoms with Crippen molar-refractivity contribution in [1.29, 1.82) is 0 Å². The number of rotatable bonds is 9. The Labute approximate surface area is 297 Å². The van der Waals surface area contributed by atoms with E-state index in [9.17, 15) is 40.8 Å². The molecule has 4 N–H and O–H groups in total. The number of benzene rings is 3. The van der Waals surface area contributed by atoms with Crippen LogP contribution >= 0.6 is 27.5 Å². The number of para-hydroxylation sites is 1. The Morgan fingerprint density at radius 1 is 0.920 bits per heavy atom. The van der Waals surface area contributed by atoms with Gasteiger partial charge in [-0.1, -0.05) is 57.9 Å². The second-order valence-corrected chi connectivity index (χ2v) is 14.6. The highest BCUT2D eigenvalue weighted by atomic mass is 79.9. The van der Waals surface area contributed by atoms with Crippen LogP contribution in [0, 0.1) is 0 Å². The Balaban J connectivity index is 1.63. The summed E-state index contributed by atoms with van der Waals surface area (Å²) in [5.74, 6) is -2.51. The molecule has 0 fully saturated rings. The lowest BCUT2D eigenvalue weighted by Crippen LogP contribution is -2.44. The van der Waals surface area contributed by atoms with Crippen molar-refractivity contribution < 1.29 is 36.0 Å². The van der Waals surface area contributed by atoms with Gasteiger partial charge in [-0.15, -0.1) is 0 Å². The molecule has 0 unspecified atom stereocenters. The van der Waals surface area contributed by atoms with Gasteiger partial charge in [-0.2, -0.15) is 13.2 Å². The Bertz CT molecular complexity index is 2120. The van der Waals surface area contributed by atoms with Crippen LogP contribution < -0.4 is 26.2 Å². The standard InChI is InChI=1S/C32H29BrClF3N6O6S/c1-31(2,3)41-30(47)40-27-29(46)43(24(26(34)39-27)16-18-8-4-6-10-22(18)33)17-25(44)38-23-11-7-5-9-21(23)28(45)42-50(48,49)20-14-12-19(13-15-20)32(35,36)37/h4-15H,16-17H2,1-3H3,(H,38,44)(H,42,45)(H2,39,40,41,47). The van der Waals surface area contributed by atoms with E-state index in [-0.39, 0.29) is 28.5 Å². The van der Waals surface area contributed by atoms with E-state index in [1.807, 2.05) is 0 Å². The van der Waals surface area contributed by atoms with Gasteiger partial charge in [0.15, 0.2) is 5.15 Å². The molecule has 0 atom stereocenters. The highest BCUT2D eigenvalue weighted by Gasteiger charge is 2.31. The lowest BCUT2D eigenvalue weighted by molar-refractivity contribution is -0.137. The first-order chi connectivity index (χ1) is 23.2. The summed E-state index contributed by atoms with van der Waals surface area (Å²) in [4.78, 5) is 56.3. The maximum absolute atomic E-state index is 13.7. The van der Waals surface area contributed by atoms with Crippen LogP contribution in [0.3, 0.4) is 0 Å². The second-order valence-electron chi connectivity index (χ2n) is 11.7. The van der Waals surface area contributed by atoms with Crippen LogP contribution in [-0.4, -0.2) is 41.4 Å². The maximum Gasteiger partial charge on any atom is 0.416 e. The van der Waals surface area contributed by atoms with Crippen molar-refractivity contribution >= 4 is 66.9 Å². The van der Waals surface area contributed by atoms with Crippen molar-refractivity contribution in [3.05, 3.63) is 115 Å². The molecule has 3 aromatic carbocycles. The average molecular weight is 798 g/mol. The molecule has 0 saturated carbocycles. The Morgan fingerprint density at radius 3 is 2.16 bits per heavy atom. The largest absolute Gasteiger partial charge is 0.416 e. The van der Waals surface area contributed by atoms with Crippen molar-refractivity contribution in [2.24, 2.45) is 0 Å². The summed E-state index contributed by atoms with van der Waals surface area (Å²) in [5, 5.41) is 7.28. The number of alkyl halides is 3. The summed E-state index contributed by atoms with van der Waals surface area (Å²) in [6.07, 6.45) is -4.67. The minimum Gasteiger partial charge on any atom is -0.333 e. The predicted molar refractivity (Wildman–Crippen MR) is 184 cm³/mol. The number of halogens is 5. The molecule has 0 aliphatic rings. The third-order valence-corrected chi connectivity index (χ3v) is 9.15. The topological polar surface area (TPSA) is 168 Å². The molecule has 1 heterocycles. The van der Waals surface area contributed by atoms with Gasteiger partial charge in [0.2, 0.25) is 11.7 Å². The van der Waals surface area contributed by atoms with Gasteiger partial charge in [-0.05, 0) is 68.8 Å². The summed E-state index contributed by atoms with van der Waals surface area (Å²) in [6.45, 7) is 4.48. The van der Waals surface area contributed by atoms with E-state index in [0.717, 1.165) is 4.57 Å². The van der Waals surface area contributed by atoms with Gasteiger partial charge in [-0.25, -0.2) is 22.9 Å². The van der Waals surface area contributed by atoms with Crippen molar-refractivity contribution in [3.63, 3.8) is 0 Å². The SMILES string of the molecule is CC(C)(C)NC(=O)Nc1nc(Cl)c(Cc2ccccc2Br)n(CC(=O)Nc2ccccc2C(=O)NS(=O)(=O)c2ccc(C(F)(F)F)cc2)c1=O. The molecule has 4 amide bonds. The maximum atomic E-state index is 13.7. The summed E-state index contributed by atoms with van der Waals surface area (Å²) in [5.41, 5.74) is -2.28. The molecule has 0 spiro atoms. The number of hydrogen-bond acceptors (Lipinski definition) is 7. The molecule has 0 bridgehead atoms. The van der Waals surface area contributed by atoms with E-state index in [0.29, 0.717) is 34.3 Å². The quantitative estimate of drug-likeness (QED) is 0.162. The first kappa shape index (κ1) is 38.1.